The highest BCUT2D eigenvalue weighted by Crippen LogP contribution is 2.38. The van der Waals surface area contributed by atoms with Gasteiger partial charge in [-0.3, -0.25) is 14.5 Å². The normalized spacial score (nSPS) is 17.2. The van der Waals surface area contributed by atoms with Gasteiger partial charge in [-0.1, -0.05) is 36.4 Å². The van der Waals surface area contributed by atoms with Crippen LogP contribution < -0.4 is 20.1 Å². The Kier molecular flexibility index (Phi) is 6.44. The van der Waals surface area contributed by atoms with Gasteiger partial charge in [0, 0.05) is 11.7 Å². The molecule has 0 bridgehead atoms. The quantitative estimate of drug-likeness (QED) is 0.570. The molecule has 1 fully saturated rings. The first-order valence-corrected chi connectivity index (χ1v) is 11.6. The van der Waals surface area contributed by atoms with E-state index < -0.39 is 0 Å². The Morgan fingerprint density at radius 1 is 0.882 bits per heavy atom. The van der Waals surface area contributed by atoms with E-state index in [1.165, 1.54) is 0 Å². The molecule has 0 radical (unpaired) electrons. The maximum Gasteiger partial charge on any atom is 0.257 e. The van der Waals surface area contributed by atoms with Crippen molar-refractivity contribution in [3.63, 3.8) is 0 Å². The highest BCUT2D eigenvalue weighted by molar-refractivity contribution is 6.10. The van der Waals surface area contributed by atoms with Gasteiger partial charge in [-0.25, -0.2) is 0 Å². The monoisotopic (exact) mass is 457 g/mol. The van der Waals surface area contributed by atoms with E-state index in [4.69, 9.17) is 9.47 Å². The first-order chi connectivity index (χ1) is 16.7. The number of hydrogen-bond donors (Lipinski definition) is 2. The van der Waals surface area contributed by atoms with Gasteiger partial charge in [-0.05, 0) is 61.3 Å². The van der Waals surface area contributed by atoms with Crippen LogP contribution in [0.5, 0.6) is 11.5 Å². The first-order valence-electron chi connectivity index (χ1n) is 11.6. The number of rotatable bonds is 6. The molecule has 2 aliphatic heterocycles. The van der Waals surface area contributed by atoms with Crippen LogP contribution in [-0.2, 0) is 4.79 Å². The van der Waals surface area contributed by atoms with E-state index in [1.54, 1.807) is 18.2 Å². The van der Waals surface area contributed by atoms with Crippen molar-refractivity contribution in [1.29, 1.82) is 0 Å². The van der Waals surface area contributed by atoms with E-state index in [1.807, 2.05) is 48.5 Å². The molecule has 2 N–H and O–H groups in total. The number of anilines is 2. The number of fused-ring (bicyclic) bond motifs is 1. The van der Waals surface area contributed by atoms with Crippen molar-refractivity contribution in [1.82, 2.24) is 4.90 Å². The second-order valence-corrected chi connectivity index (χ2v) is 8.45. The number of para-hydroxylation sites is 2. The first kappa shape index (κ1) is 22.0. The molecular weight excluding hydrogens is 430 g/mol. The Balaban J connectivity index is 1.26. The van der Waals surface area contributed by atoms with Crippen LogP contribution in [0.3, 0.4) is 0 Å². The number of hydrogen-bond acceptors (Lipinski definition) is 5. The second kappa shape index (κ2) is 9.97. The molecule has 0 saturated carbocycles. The van der Waals surface area contributed by atoms with Crippen LogP contribution in [0.1, 0.15) is 34.8 Å². The summed E-state index contributed by atoms with van der Waals surface area (Å²) < 4.78 is 11.4. The van der Waals surface area contributed by atoms with Crippen molar-refractivity contribution in [2.75, 3.05) is 36.9 Å². The summed E-state index contributed by atoms with van der Waals surface area (Å²) in [6.07, 6.45) is 1.99. The third-order valence-electron chi connectivity index (χ3n) is 6.14. The number of carbonyl (C=O) groups excluding carboxylic acids is 2. The summed E-state index contributed by atoms with van der Waals surface area (Å²) in [5.41, 5.74) is 2.74. The Labute approximate surface area is 198 Å². The molecule has 0 aromatic heterocycles. The molecule has 3 aromatic rings. The molecule has 2 heterocycles. The third kappa shape index (κ3) is 4.89. The lowest BCUT2D eigenvalue weighted by molar-refractivity contribution is -0.117. The number of benzene rings is 3. The zero-order valence-corrected chi connectivity index (χ0v) is 18.8. The van der Waals surface area contributed by atoms with Crippen LogP contribution in [0.4, 0.5) is 11.4 Å². The fraction of sp³-hybridized carbons (Fsp3) is 0.259. The predicted octanol–water partition coefficient (Wildman–Crippen LogP) is 4.49. The molecule has 0 spiro atoms. The molecule has 0 unspecified atom stereocenters. The number of nitrogens with one attached hydrogen (secondary N) is 2. The highest BCUT2D eigenvalue weighted by atomic mass is 16.6. The minimum atomic E-state index is -0.266. The molecule has 2 amide bonds. The van der Waals surface area contributed by atoms with Gasteiger partial charge >= 0.3 is 0 Å². The third-order valence-corrected chi connectivity index (χ3v) is 6.14. The summed E-state index contributed by atoms with van der Waals surface area (Å²) in [6, 6.07) is 22.5. The summed E-state index contributed by atoms with van der Waals surface area (Å²) >= 11 is 0. The topological polar surface area (TPSA) is 79.9 Å². The average molecular weight is 458 g/mol. The van der Waals surface area contributed by atoms with Crippen LogP contribution in [0.25, 0.3) is 0 Å². The zero-order valence-electron chi connectivity index (χ0n) is 18.8. The molecule has 2 aliphatic rings. The molecular formula is C27H27N3O4. The van der Waals surface area contributed by atoms with E-state index in [-0.39, 0.29) is 24.4 Å². The summed E-state index contributed by atoms with van der Waals surface area (Å²) in [7, 11) is 0. The summed E-state index contributed by atoms with van der Waals surface area (Å²) in [6.45, 7) is 2.19. The molecule has 7 nitrogen and oxygen atoms in total. The Hall–Kier alpha value is -3.84. The van der Waals surface area contributed by atoms with Gasteiger partial charge in [0.25, 0.3) is 5.91 Å². The molecule has 34 heavy (non-hydrogen) atoms. The molecule has 7 heteroatoms. The lowest BCUT2D eigenvalue weighted by Crippen LogP contribution is -2.33. The van der Waals surface area contributed by atoms with Crippen molar-refractivity contribution in [3.05, 3.63) is 83.9 Å². The Morgan fingerprint density at radius 2 is 1.65 bits per heavy atom. The van der Waals surface area contributed by atoms with Gasteiger partial charge in [-0.15, -0.1) is 0 Å². The second-order valence-electron chi connectivity index (χ2n) is 8.45. The van der Waals surface area contributed by atoms with Gasteiger partial charge < -0.3 is 20.1 Å². The summed E-state index contributed by atoms with van der Waals surface area (Å²) in [4.78, 5) is 28.0. The van der Waals surface area contributed by atoms with Gasteiger partial charge in [0.1, 0.15) is 13.2 Å². The van der Waals surface area contributed by atoms with Gasteiger partial charge in [0.05, 0.1) is 17.8 Å². The number of amides is 2. The van der Waals surface area contributed by atoms with E-state index in [2.05, 4.69) is 21.6 Å². The largest absolute Gasteiger partial charge is 0.486 e. The highest BCUT2D eigenvalue weighted by Gasteiger charge is 2.29. The SMILES string of the molecule is O=C(CN1CCC[C@@H]1c1ccc2c(c1)OCCO2)Nc1ccccc1C(=O)Nc1ccccc1. The predicted molar refractivity (Wildman–Crippen MR) is 130 cm³/mol. The lowest BCUT2D eigenvalue weighted by Gasteiger charge is -2.26. The minimum Gasteiger partial charge on any atom is -0.486 e. The standard InChI is InChI=1S/C27H27N3O4/c31-26(29-22-10-5-4-9-21(22)27(32)28-20-7-2-1-3-8-20)18-30-14-6-11-23(30)19-12-13-24-25(17-19)34-16-15-33-24/h1-5,7-10,12-13,17,23H,6,11,14-16,18H2,(H,28,32)(H,29,31)/t23-/m1/s1. The van der Waals surface area contributed by atoms with Crippen LogP contribution in [0, 0.1) is 0 Å². The molecule has 0 aliphatic carbocycles. The van der Waals surface area contributed by atoms with E-state index in [0.29, 0.717) is 30.2 Å². The summed E-state index contributed by atoms with van der Waals surface area (Å²) in [5, 5.41) is 5.82. The smallest absolute Gasteiger partial charge is 0.257 e. The number of likely N-dealkylation sites (tertiary alicyclic amines) is 1. The fourth-order valence-electron chi connectivity index (χ4n) is 4.54. The minimum absolute atomic E-state index is 0.137. The van der Waals surface area contributed by atoms with Gasteiger partial charge in [0.15, 0.2) is 11.5 Å². The van der Waals surface area contributed by atoms with Gasteiger partial charge in [0.2, 0.25) is 5.91 Å². The maximum absolute atomic E-state index is 13.0. The zero-order chi connectivity index (χ0) is 23.3. The van der Waals surface area contributed by atoms with E-state index >= 15 is 0 Å². The maximum atomic E-state index is 13.0. The van der Waals surface area contributed by atoms with E-state index in [9.17, 15) is 9.59 Å². The van der Waals surface area contributed by atoms with Crippen LogP contribution >= 0.6 is 0 Å². The molecule has 174 valence electrons. The molecule has 5 rings (SSSR count). The van der Waals surface area contributed by atoms with Crippen molar-refractivity contribution in [2.45, 2.75) is 18.9 Å². The Morgan fingerprint density at radius 3 is 2.50 bits per heavy atom. The van der Waals surface area contributed by atoms with Crippen LogP contribution in [-0.4, -0.2) is 43.0 Å². The molecule has 1 atom stereocenters. The van der Waals surface area contributed by atoms with Crippen LogP contribution in [0.15, 0.2) is 72.8 Å². The average Bonchev–Trinajstić information content (AvgIpc) is 3.32. The van der Waals surface area contributed by atoms with E-state index in [0.717, 1.165) is 36.4 Å². The number of ether oxygens (including phenoxy) is 2. The molecule has 3 aromatic carbocycles. The lowest BCUT2D eigenvalue weighted by atomic mass is 10.0. The summed E-state index contributed by atoms with van der Waals surface area (Å²) in [5.74, 6) is 1.11. The molecule has 1 saturated heterocycles. The van der Waals surface area contributed by atoms with Crippen molar-refractivity contribution >= 4 is 23.2 Å². The van der Waals surface area contributed by atoms with Crippen molar-refractivity contribution in [2.24, 2.45) is 0 Å². The van der Waals surface area contributed by atoms with Crippen molar-refractivity contribution in [3.8, 4) is 11.5 Å². The fourth-order valence-corrected chi connectivity index (χ4v) is 4.54. The van der Waals surface area contributed by atoms with Crippen LogP contribution in [0.2, 0.25) is 0 Å². The van der Waals surface area contributed by atoms with Gasteiger partial charge in [-0.2, -0.15) is 0 Å². The number of nitrogens with zero attached hydrogens (tertiary/aromatic N) is 1. The Bertz CT molecular complexity index is 1180. The number of carbonyl (C=O) groups is 2. The van der Waals surface area contributed by atoms with Crippen molar-refractivity contribution < 1.29 is 19.1 Å².